The minimum atomic E-state index is -0.207. The van der Waals surface area contributed by atoms with E-state index in [1.54, 1.807) is 6.07 Å². The van der Waals surface area contributed by atoms with Gasteiger partial charge in [0.1, 0.15) is 5.01 Å². The summed E-state index contributed by atoms with van der Waals surface area (Å²) in [7, 11) is 0. The van der Waals surface area contributed by atoms with Crippen LogP contribution in [-0.4, -0.2) is 15.2 Å². The van der Waals surface area contributed by atoms with Crippen LogP contribution < -0.4 is 10.4 Å². The van der Waals surface area contributed by atoms with Gasteiger partial charge in [-0.05, 0) is 6.07 Å². The fraction of sp³-hybridized carbons (Fsp3) is 0. The second-order valence-corrected chi connectivity index (χ2v) is 3.32. The van der Waals surface area contributed by atoms with Crippen molar-refractivity contribution >= 4 is 11.3 Å². The zero-order chi connectivity index (χ0) is 9.26. The third kappa shape index (κ3) is 1.57. The van der Waals surface area contributed by atoms with E-state index >= 15 is 0 Å². The first-order valence-corrected chi connectivity index (χ1v) is 4.32. The predicted molar refractivity (Wildman–Crippen MR) is 48.8 cm³/mol. The summed E-state index contributed by atoms with van der Waals surface area (Å²) in [4.78, 5) is 23.8. The summed E-state index contributed by atoms with van der Waals surface area (Å²) in [5, 5.41) is 6.65. The van der Waals surface area contributed by atoms with Gasteiger partial charge in [-0.25, -0.2) is 5.10 Å². The Morgan fingerprint density at radius 1 is 1.31 bits per heavy atom. The first-order chi connectivity index (χ1) is 6.25. The van der Waals surface area contributed by atoms with Gasteiger partial charge in [0.25, 0.3) is 0 Å². The predicted octanol–water partition coefficient (Wildman–Crippen LogP) is 0.187. The van der Waals surface area contributed by atoms with Crippen LogP contribution in [0.5, 0.6) is 0 Å². The number of nitrogens with one attached hydrogen (secondary N) is 2. The molecule has 6 heteroatoms. The van der Waals surface area contributed by atoms with Gasteiger partial charge in [-0.1, -0.05) is 11.3 Å². The number of hydrogen-bond acceptors (Lipinski definition) is 4. The molecule has 0 aliphatic carbocycles. The number of aromatic nitrogens is 3. The van der Waals surface area contributed by atoms with E-state index in [0.717, 1.165) is 16.9 Å². The number of rotatable bonds is 1. The van der Waals surface area contributed by atoms with E-state index in [1.807, 2.05) is 0 Å². The van der Waals surface area contributed by atoms with Crippen LogP contribution in [0.4, 0.5) is 0 Å². The minimum Gasteiger partial charge on any atom is -0.328 e. The zero-order valence-corrected chi connectivity index (χ0v) is 7.22. The quantitative estimate of drug-likeness (QED) is 0.681. The molecule has 0 aliphatic rings. The third-order valence-electron chi connectivity index (χ3n) is 1.47. The van der Waals surface area contributed by atoms with Crippen molar-refractivity contribution in [3.63, 3.8) is 0 Å². The molecule has 2 aromatic heterocycles. The molecule has 0 aromatic carbocycles. The highest BCUT2D eigenvalue weighted by molar-refractivity contribution is 7.12. The fourth-order valence-electron chi connectivity index (χ4n) is 0.897. The average molecular weight is 195 g/mol. The molecule has 0 bridgehead atoms. The lowest BCUT2D eigenvalue weighted by molar-refractivity contribution is 1.06. The van der Waals surface area contributed by atoms with Gasteiger partial charge in [0, 0.05) is 17.8 Å². The Morgan fingerprint density at radius 2 is 2.15 bits per heavy atom. The van der Waals surface area contributed by atoms with Crippen LogP contribution >= 0.6 is 11.3 Å². The highest BCUT2D eigenvalue weighted by Gasteiger charge is 2.01. The fourth-order valence-corrected chi connectivity index (χ4v) is 1.50. The van der Waals surface area contributed by atoms with Gasteiger partial charge in [0.05, 0.1) is 0 Å². The van der Waals surface area contributed by atoms with Crippen molar-refractivity contribution in [3.8, 4) is 10.6 Å². The summed E-state index contributed by atoms with van der Waals surface area (Å²) < 4.78 is 0. The molecular formula is C7H5N3O2S. The monoisotopic (exact) mass is 195 g/mol. The Balaban J connectivity index is 2.53. The molecule has 2 N–H and O–H groups in total. The van der Waals surface area contributed by atoms with E-state index in [9.17, 15) is 9.59 Å². The molecule has 0 saturated carbocycles. The lowest BCUT2D eigenvalue weighted by atomic mass is 10.3. The van der Waals surface area contributed by atoms with Crippen LogP contribution in [0.25, 0.3) is 10.6 Å². The van der Waals surface area contributed by atoms with Crippen LogP contribution in [0.3, 0.4) is 0 Å². The van der Waals surface area contributed by atoms with E-state index < -0.39 is 0 Å². The van der Waals surface area contributed by atoms with Crippen molar-refractivity contribution in [2.45, 2.75) is 0 Å². The summed E-state index contributed by atoms with van der Waals surface area (Å²) in [6.07, 6.45) is 1.52. The van der Waals surface area contributed by atoms with Crippen LogP contribution in [-0.2, 0) is 0 Å². The molecule has 0 amide bonds. The molecule has 2 rings (SSSR count). The molecule has 5 nitrogen and oxygen atoms in total. The van der Waals surface area contributed by atoms with Gasteiger partial charge >= 0.3 is 4.87 Å². The molecule has 66 valence electrons. The highest BCUT2D eigenvalue weighted by Crippen LogP contribution is 2.14. The normalized spacial score (nSPS) is 10.2. The lowest BCUT2D eigenvalue weighted by Crippen LogP contribution is -2.01. The highest BCUT2D eigenvalue weighted by atomic mass is 32.1. The Bertz CT molecular complexity index is 504. The first kappa shape index (κ1) is 7.93. The minimum absolute atomic E-state index is 0.174. The molecule has 0 fully saturated rings. The van der Waals surface area contributed by atoms with Crippen LogP contribution in [0, 0.1) is 0 Å². The number of pyridine rings is 1. The van der Waals surface area contributed by atoms with Gasteiger partial charge in [-0.2, -0.15) is 5.10 Å². The number of H-pyrrole nitrogens is 2. The Kier molecular flexibility index (Phi) is 1.82. The van der Waals surface area contributed by atoms with E-state index in [-0.39, 0.29) is 10.4 Å². The number of nitrogens with zero attached hydrogens (tertiary/aromatic N) is 1. The number of hydrogen-bond donors (Lipinski definition) is 2. The van der Waals surface area contributed by atoms with E-state index in [0.29, 0.717) is 5.01 Å². The Morgan fingerprint density at radius 3 is 2.69 bits per heavy atom. The van der Waals surface area contributed by atoms with Gasteiger partial charge in [0.15, 0.2) is 0 Å². The van der Waals surface area contributed by atoms with Crippen molar-refractivity contribution in [2.24, 2.45) is 0 Å². The molecule has 0 aliphatic heterocycles. The molecule has 0 spiro atoms. The van der Waals surface area contributed by atoms with E-state index in [1.165, 1.54) is 12.3 Å². The second kappa shape index (κ2) is 2.98. The van der Waals surface area contributed by atoms with Crippen molar-refractivity contribution in [1.82, 2.24) is 15.2 Å². The molecule has 0 saturated heterocycles. The molecular weight excluding hydrogens is 190 g/mol. The third-order valence-corrected chi connectivity index (χ3v) is 2.27. The van der Waals surface area contributed by atoms with Gasteiger partial charge in [0.2, 0.25) is 5.56 Å². The van der Waals surface area contributed by atoms with Crippen molar-refractivity contribution in [1.29, 1.82) is 0 Å². The van der Waals surface area contributed by atoms with Gasteiger partial charge in [-0.15, -0.1) is 0 Å². The SMILES string of the molecule is O=c1ccc(-c2n[nH]c(=O)s2)c[nH]1. The van der Waals surface area contributed by atoms with Crippen molar-refractivity contribution < 1.29 is 0 Å². The summed E-state index contributed by atoms with van der Waals surface area (Å²) in [5.74, 6) is 0. The van der Waals surface area contributed by atoms with Crippen LogP contribution in [0.15, 0.2) is 27.9 Å². The smallest absolute Gasteiger partial charge is 0.322 e. The number of aromatic amines is 2. The topological polar surface area (TPSA) is 78.6 Å². The maximum atomic E-state index is 10.8. The van der Waals surface area contributed by atoms with Crippen LogP contribution in [0.1, 0.15) is 0 Å². The molecule has 13 heavy (non-hydrogen) atoms. The molecule has 2 heterocycles. The summed E-state index contributed by atoms with van der Waals surface area (Å²) in [5.41, 5.74) is 0.551. The van der Waals surface area contributed by atoms with Gasteiger partial charge < -0.3 is 4.98 Å². The summed E-state index contributed by atoms with van der Waals surface area (Å²) >= 11 is 1.00. The zero-order valence-electron chi connectivity index (χ0n) is 6.40. The Labute approximate surface area is 76.1 Å². The lowest BCUT2D eigenvalue weighted by Gasteiger charge is -1.90. The van der Waals surface area contributed by atoms with E-state index in [2.05, 4.69) is 15.2 Å². The molecule has 0 atom stereocenters. The first-order valence-electron chi connectivity index (χ1n) is 3.50. The molecule has 0 unspecified atom stereocenters. The van der Waals surface area contributed by atoms with E-state index in [4.69, 9.17) is 0 Å². The second-order valence-electron chi connectivity index (χ2n) is 2.36. The Hall–Kier alpha value is -1.69. The van der Waals surface area contributed by atoms with Gasteiger partial charge in [-0.3, -0.25) is 9.59 Å². The van der Waals surface area contributed by atoms with Crippen LogP contribution in [0.2, 0.25) is 0 Å². The maximum Gasteiger partial charge on any atom is 0.322 e. The summed E-state index contributed by atoms with van der Waals surface area (Å²) in [6.45, 7) is 0. The van der Waals surface area contributed by atoms with Crippen molar-refractivity contribution in [2.75, 3.05) is 0 Å². The average Bonchev–Trinajstić information content (AvgIpc) is 2.53. The van der Waals surface area contributed by atoms with Crippen molar-refractivity contribution in [3.05, 3.63) is 38.4 Å². The maximum absolute atomic E-state index is 10.8. The summed E-state index contributed by atoms with van der Waals surface area (Å²) in [6, 6.07) is 3.01. The largest absolute Gasteiger partial charge is 0.328 e. The standard InChI is InChI=1S/C7H5N3O2S/c11-5-2-1-4(3-8-5)6-9-10-7(12)13-6/h1-3H,(H,8,11)(H,10,12). The molecule has 2 aromatic rings. The molecule has 0 radical (unpaired) electrons.